The highest BCUT2D eigenvalue weighted by Crippen LogP contribution is 2.31. The Morgan fingerprint density at radius 2 is 1.82 bits per heavy atom. The van der Waals surface area contributed by atoms with Gasteiger partial charge in [-0.1, -0.05) is 83.9 Å². The van der Waals surface area contributed by atoms with Crippen molar-refractivity contribution in [1.82, 2.24) is 0 Å². The van der Waals surface area contributed by atoms with Crippen molar-refractivity contribution in [3.8, 4) is 0 Å². The predicted molar refractivity (Wildman–Crippen MR) is 98.5 cm³/mol. The molecule has 1 saturated carbocycles. The molecule has 22 heavy (non-hydrogen) atoms. The maximum absolute atomic E-state index is 2.46. The minimum atomic E-state index is 0.438. The Labute approximate surface area is 138 Å². The molecular formula is C22H36. The third-order valence-electron chi connectivity index (χ3n) is 5.53. The fourth-order valence-electron chi connectivity index (χ4n) is 4.10. The van der Waals surface area contributed by atoms with E-state index in [1.807, 2.05) is 0 Å². The first-order valence-corrected chi connectivity index (χ1v) is 9.58. The van der Waals surface area contributed by atoms with E-state index in [1.54, 1.807) is 5.56 Å². The molecule has 124 valence electrons. The Kier molecular flexibility index (Phi) is 6.53. The highest BCUT2D eigenvalue weighted by atomic mass is 14.2. The van der Waals surface area contributed by atoms with Gasteiger partial charge in [-0.3, -0.25) is 0 Å². The summed E-state index contributed by atoms with van der Waals surface area (Å²) in [5, 5.41) is 0. The molecule has 0 atom stereocenters. The monoisotopic (exact) mass is 300 g/mol. The zero-order valence-electron chi connectivity index (χ0n) is 15.4. The number of aryl methyl sites for hydroxylation is 1. The first-order valence-electron chi connectivity index (χ1n) is 9.58. The molecule has 1 fully saturated rings. The van der Waals surface area contributed by atoms with Crippen LogP contribution in [0, 0.1) is 18.3 Å². The Morgan fingerprint density at radius 3 is 2.45 bits per heavy atom. The summed E-state index contributed by atoms with van der Waals surface area (Å²) >= 11 is 0. The van der Waals surface area contributed by atoms with Crippen molar-refractivity contribution in [3.05, 3.63) is 34.9 Å². The van der Waals surface area contributed by atoms with E-state index >= 15 is 0 Å². The van der Waals surface area contributed by atoms with Gasteiger partial charge in [0.1, 0.15) is 0 Å². The fraction of sp³-hybridized carbons (Fsp3) is 0.727. The second kappa shape index (κ2) is 8.18. The van der Waals surface area contributed by atoms with Crippen molar-refractivity contribution in [2.45, 2.75) is 91.9 Å². The molecule has 0 radical (unpaired) electrons. The van der Waals surface area contributed by atoms with Crippen LogP contribution in [0.15, 0.2) is 18.2 Å². The maximum atomic E-state index is 2.46. The van der Waals surface area contributed by atoms with E-state index in [1.165, 1.54) is 75.3 Å². The summed E-state index contributed by atoms with van der Waals surface area (Å²) in [5.41, 5.74) is 5.09. The van der Waals surface area contributed by atoms with Crippen molar-refractivity contribution in [1.29, 1.82) is 0 Å². The van der Waals surface area contributed by atoms with Crippen LogP contribution < -0.4 is 0 Å². The highest BCUT2D eigenvalue weighted by Gasteiger charge is 2.19. The summed E-state index contributed by atoms with van der Waals surface area (Å²) < 4.78 is 0. The fourth-order valence-corrected chi connectivity index (χ4v) is 4.10. The number of unbranched alkanes of at least 4 members (excludes halogenated alkanes) is 1. The van der Waals surface area contributed by atoms with Crippen LogP contribution in [-0.2, 0) is 12.8 Å². The zero-order valence-corrected chi connectivity index (χ0v) is 15.4. The van der Waals surface area contributed by atoms with E-state index in [4.69, 9.17) is 0 Å². The molecule has 2 rings (SSSR count). The molecule has 0 heteroatoms. The normalized spacial score (nSPS) is 16.9. The predicted octanol–water partition coefficient (Wildman–Crippen LogP) is 6.88. The van der Waals surface area contributed by atoms with Gasteiger partial charge in [-0.15, -0.1) is 0 Å². The zero-order chi connectivity index (χ0) is 16.0. The molecule has 1 aromatic rings. The van der Waals surface area contributed by atoms with Gasteiger partial charge in [0.2, 0.25) is 0 Å². The van der Waals surface area contributed by atoms with Crippen LogP contribution in [0.4, 0.5) is 0 Å². The Bertz CT molecular complexity index is 449. The number of hydrogen-bond donors (Lipinski definition) is 0. The average Bonchev–Trinajstić information content (AvgIpc) is 2.49. The van der Waals surface area contributed by atoms with Gasteiger partial charge in [0.05, 0.1) is 0 Å². The van der Waals surface area contributed by atoms with E-state index in [0.29, 0.717) is 5.41 Å². The van der Waals surface area contributed by atoms with E-state index < -0.39 is 0 Å². The van der Waals surface area contributed by atoms with Gasteiger partial charge in [-0.05, 0) is 54.2 Å². The van der Waals surface area contributed by atoms with Crippen LogP contribution >= 0.6 is 0 Å². The molecule has 0 aromatic heterocycles. The molecule has 0 saturated heterocycles. The first-order chi connectivity index (χ1) is 10.5. The van der Waals surface area contributed by atoms with Gasteiger partial charge in [-0.25, -0.2) is 0 Å². The molecule has 0 unspecified atom stereocenters. The van der Waals surface area contributed by atoms with Gasteiger partial charge in [0.25, 0.3) is 0 Å². The van der Waals surface area contributed by atoms with E-state index in [2.05, 4.69) is 45.9 Å². The molecule has 0 heterocycles. The molecule has 1 aromatic carbocycles. The van der Waals surface area contributed by atoms with Crippen LogP contribution in [-0.4, -0.2) is 0 Å². The van der Waals surface area contributed by atoms with Gasteiger partial charge >= 0.3 is 0 Å². The Morgan fingerprint density at radius 1 is 1.09 bits per heavy atom. The number of benzene rings is 1. The lowest BCUT2D eigenvalue weighted by Gasteiger charge is -2.26. The van der Waals surface area contributed by atoms with Crippen LogP contribution in [0.5, 0.6) is 0 Å². The molecule has 0 nitrogen and oxygen atoms in total. The van der Waals surface area contributed by atoms with Crippen LogP contribution in [0.2, 0.25) is 0 Å². The lowest BCUT2D eigenvalue weighted by molar-refractivity contribution is 0.321. The lowest BCUT2D eigenvalue weighted by Crippen LogP contribution is -2.15. The van der Waals surface area contributed by atoms with Crippen LogP contribution in [0.25, 0.3) is 0 Å². The molecule has 1 aliphatic carbocycles. The second-order valence-corrected chi connectivity index (χ2v) is 8.41. The van der Waals surface area contributed by atoms with Gasteiger partial charge in [0, 0.05) is 0 Å². The van der Waals surface area contributed by atoms with Crippen molar-refractivity contribution < 1.29 is 0 Å². The molecule has 1 aliphatic rings. The minimum Gasteiger partial charge on any atom is -0.0654 e. The Balaban J connectivity index is 1.96. The molecule has 0 bridgehead atoms. The molecule has 0 spiro atoms. The minimum absolute atomic E-state index is 0.438. The third-order valence-corrected chi connectivity index (χ3v) is 5.53. The molecule has 0 aliphatic heterocycles. The lowest BCUT2D eigenvalue weighted by atomic mass is 9.80. The second-order valence-electron chi connectivity index (χ2n) is 8.41. The van der Waals surface area contributed by atoms with Crippen molar-refractivity contribution >= 4 is 0 Å². The number of hydrogen-bond acceptors (Lipinski definition) is 0. The SMILES string of the molecule is CCCCC(C)(C)Cc1ccc(CC2CCCCC2)c(C)c1. The quantitative estimate of drug-likeness (QED) is 0.515. The largest absolute Gasteiger partial charge is 0.0654 e. The maximum Gasteiger partial charge on any atom is -0.0227 e. The van der Waals surface area contributed by atoms with Gasteiger partial charge in [0.15, 0.2) is 0 Å². The van der Waals surface area contributed by atoms with Gasteiger partial charge in [-0.2, -0.15) is 0 Å². The molecule has 0 N–H and O–H groups in total. The summed E-state index contributed by atoms with van der Waals surface area (Å²) in [7, 11) is 0. The summed E-state index contributed by atoms with van der Waals surface area (Å²) in [4.78, 5) is 0. The van der Waals surface area contributed by atoms with Gasteiger partial charge < -0.3 is 0 Å². The van der Waals surface area contributed by atoms with Crippen LogP contribution in [0.3, 0.4) is 0 Å². The number of rotatable bonds is 7. The van der Waals surface area contributed by atoms with Crippen molar-refractivity contribution in [2.75, 3.05) is 0 Å². The Hall–Kier alpha value is -0.780. The van der Waals surface area contributed by atoms with E-state index in [0.717, 1.165) is 5.92 Å². The summed E-state index contributed by atoms with van der Waals surface area (Å²) in [5.74, 6) is 0.944. The standard InChI is InChI=1S/C22H36/c1-5-6-14-22(3,4)17-20-12-13-21(18(2)15-20)16-19-10-8-7-9-11-19/h12-13,15,19H,5-11,14,16-17H2,1-4H3. The van der Waals surface area contributed by atoms with Crippen LogP contribution in [0.1, 0.15) is 88.8 Å². The summed E-state index contributed by atoms with van der Waals surface area (Å²) in [6.07, 6.45) is 13.8. The van der Waals surface area contributed by atoms with Crippen molar-refractivity contribution in [3.63, 3.8) is 0 Å². The topological polar surface area (TPSA) is 0 Å². The highest BCUT2D eigenvalue weighted by molar-refractivity contribution is 5.32. The first kappa shape index (κ1) is 17.6. The molecule has 0 amide bonds. The smallest absolute Gasteiger partial charge is 0.0227 e. The summed E-state index contributed by atoms with van der Waals surface area (Å²) in [6.45, 7) is 9.46. The van der Waals surface area contributed by atoms with Crippen molar-refractivity contribution in [2.24, 2.45) is 11.3 Å². The van der Waals surface area contributed by atoms with E-state index in [-0.39, 0.29) is 0 Å². The van der Waals surface area contributed by atoms with E-state index in [9.17, 15) is 0 Å². The third kappa shape index (κ3) is 5.45. The molecular weight excluding hydrogens is 264 g/mol. The average molecular weight is 301 g/mol. The summed E-state index contributed by atoms with van der Waals surface area (Å²) in [6, 6.07) is 7.29.